The van der Waals surface area contributed by atoms with Crippen molar-refractivity contribution >= 4 is 11.4 Å². The molecule has 0 N–H and O–H groups in total. The Balaban J connectivity index is 1.74. The number of carbonyl (C=O) groups excluding carboxylic acids is 1. The molecule has 0 fully saturated rings. The van der Waals surface area contributed by atoms with Crippen LogP contribution in [0.4, 0.5) is 0 Å². The van der Waals surface area contributed by atoms with Gasteiger partial charge in [-0.2, -0.15) is 5.10 Å². The topological polar surface area (TPSA) is 42.5 Å². The van der Waals surface area contributed by atoms with Crippen LogP contribution in [-0.4, -0.2) is 31.5 Å². The summed E-state index contributed by atoms with van der Waals surface area (Å²) in [5.74, 6) is 0.0699. The maximum Gasteiger partial charge on any atom is 0.258 e. The van der Waals surface area contributed by atoms with Gasteiger partial charge in [0.25, 0.3) is 5.91 Å². The van der Waals surface area contributed by atoms with E-state index in [0.717, 1.165) is 25.0 Å². The second-order valence-corrected chi connectivity index (χ2v) is 5.64. The second-order valence-electron chi connectivity index (χ2n) is 5.64. The molecule has 4 heterocycles. The van der Waals surface area contributed by atoms with Crippen molar-refractivity contribution in [1.29, 1.82) is 0 Å². The molecule has 112 valence electrons. The molecule has 0 aromatic carbocycles. The largest absolute Gasteiger partial charge is 0.348 e. The number of rotatable bonds is 2. The minimum atomic E-state index is 0.0699. The third-order valence-corrected chi connectivity index (χ3v) is 4.47. The first-order chi connectivity index (χ1) is 10.8. The Kier molecular flexibility index (Phi) is 2.99. The van der Waals surface area contributed by atoms with Gasteiger partial charge in [-0.15, -0.1) is 0 Å². The van der Waals surface area contributed by atoms with Crippen molar-refractivity contribution in [2.75, 3.05) is 6.54 Å². The molecule has 1 aliphatic rings. The maximum atomic E-state index is 13.0. The lowest BCUT2D eigenvalue weighted by molar-refractivity contribution is 0.0620. The number of hydrogen-bond acceptors (Lipinski definition) is 2. The zero-order chi connectivity index (χ0) is 15.1. The van der Waals surface area contributed by atoms with Crippen LogP contribution in [0.15, 0.2) is 48.9 Å². The van der Waals surface area contributed by atoms with Crippen molar-refractivity contribution in [3.63, 3.8) is 0 Å². The van der Waals surface area contributed by atoms with Gasteiger partial charge in [-0.25, -0.2) is 4.52 Å². The number of aromatic nitrogens is 3. The number of fused-ring (bicyclic) bond motifs is 2. The number of pyridine rings is 1. The van der Waals surface area contributed by atoms with Gasteiger partial charge in [-0.1, -0.05) is 13.0 Å². The molecule has 0 aliphatic carbocycles. The first-order valence-corrected chi connectivity index (χ1v) is 7.68. The number of hydrogen-bond donors (Lipinski definition) is 0. The van der Waals surface area contributed by atoms with Crippen molar-refractivity contribution < 1.29 is 4.79 Å². The lowest BCUT2D eigenvalue weighted by atomic mass is 10.1. The number of nitrogens with zero attached hydrogens (tertiary/aromatic N) is 4. The van der Waals surface area contributed by atoms with Crippen molar-refractivity contribution in [2.24, 2.45) is 0 Å². The van der Waals surface area contributed by atoms with Gasteiger partial charge in [0.1, 0.15) is 0 Å². The molecule has 1 aliphatic heterocycles. The van der Waals surface area contributed by atoms with E-state index in [2.05, 4.69) is 34.9 Å². The van der Waals surface area contributed by atoms with Crippen LogP contribution in [0.3, 0.4) is 0 Å². The predicted molar refractivity (Wildman–Crippen MR) is 83.7 cm³/mol. The summed E-state index contributed by atoms with van der Waals surface area (Å²) >= 11 is 0. The van der Waals surface area contributed by atoms with Gasteiger partial charge in [-0.3, -0.25) is 4.79 Å². The highest BCUT2D eigenvalue weighted by Gasteiger charge is 2.31. The number of amides is 1. The molecule has 3 aromatic heterocycles. The molecular weight excluding hydrogens is 276 g/mol. The van der Waals surface area contributed by atoms with Crippen LogP contribution in [-0.2, 0) is 6.54 Å². The summed E-state index contributed by atoms with van der Waals surface area (Å²) < 4.78 is 3.99. The zero-order valence-corrected chi connectivity index (χ0v) is 12.5. The summed E-state index contributed by atoms with van der Waals surface area (Å²) in [6, 6.07) is 10.1. The Labute approximate surface area is 128 Å². The van der Waals surface area contributed by atoms with Crippen LogP contribution in [0.25, 0.3) is 5.52 Å². The van der Waals surface area contributed by atoms with Gasteiger partial charge in [0, 0.05) is 31.2 Å². The second kappa shape index (κ2) is 5.02. The van der Waals surface area contributed by atoms with Gasteiger partial charge in [0.05, 0.1) is 23.3 Å². The normalized spacial score (nSPS) is 17.7. The Bertz CT molecular complexity index is 832. The van der Waals surface area contributed by atoms with Crippen molar-refractivity contribution in [3.05, 3.63) is 60.2 Å². The van der Waals surface area contributed by atoms with Crippen molar-refractivity contribution in [2.45, 2.75) is 25.9 Å². The van der Waals surface area contributed by atoms with Gasteiger partial charge in [0.2, 0.25) is 0 Å². The summed E-state index contributed by atoms with van der Waals surface area (Å²) in [6.45, 7) is 3.72. The number of carbonyl (C=O) groups is 1. The van der Waals surface area contributed by atoms with E-state index >= 15 is 0 Å². The Morgan fingerprint density at radius 3 is 3.00 bits per heavy atom. The van der Waals surface area contributed by atoms with E-state index in [4.69, 9.17) is 0 Å². The molecule has 22 heavy (non-hydrogen) atoms. The quantitative estimate of drug-likeness (QED) is 0.729. The summed E-state index contributed by atoms with van der Waals surface area (Å²) in [4.78, 5) is 15.0. The molecule has 3 aromatic rings. The first-order valence-electron chi connectivity index (χ1n) is 7.68. The van der Waals surface area contributed by atoms with Crippen molar-refractivity contribution in [3.8, 4) is 0 Å². The summed E-state index contributed by atoms with van der Waals surface area (Å²) in [5.41, 5.74) is 2.76. The van der Waals surface area contributed by atoms with E-state index in [1.807, 2.05) is 29.3 Å². The van der Waals surface area contributed by atoms with E-state index in [1.54, 1.807) is 10.7 Å². The predicted octanol–water partition coefficient (Wildman–Crippen LogP) is 2.74. The van der Waals surface area contributed by atoms with E-state index in [9.17, 15) is 4.79 Å². The fraction of sp³-hybridized carbons (Fsp3) is 0.294. The zero-order valence-electron chi connectivity index (χ0n) is 12.5. The van der Waals surface area contributed by atoms with Crippen LogP contribution in [0.2, 0.25) is 0 Å². The van der Waals surface area contributed by atoms with Crippen LogP contribution < -0.4 is 0 Å². The molecule has 0 saturated heterocycles. The molecular formula is C17H18N4O. The minimum Gasteiger partial charge on any atom is -0.348 e. The average molecular weight is 294 g/mol. The average Bonchev–Trinajstić information content (AvgIpc) is 3.19. The first kappa shape index (κ1) is 13.1. The minimum absolute atomic E-state index is 0.0699. The third kappa shape index (κ3) is 1.85. The summed E-state index contributed by atoms with van der Waals surface area (Å²) in [7, 11) is 0. The molecule has 0 unspecified atom stereocenters. The molecule has 1 atom stereocenters. The standard InChI is InChI=1S/C17H18N4O/c1-2-14-16-7-5-8-19(16)10-11-20(14)17(22)13-12-18-21-9-4-3-6-15(13)21/h3-9,12,14H,2,10-11H2,1H3/t14-/m0/s1. The molecule has 5 nitrogen and oxygen atoms in total. The van der Waals surface area contributed by atoms with Gasteiger partial charge in [0.15, 0.2) is 0 Å². The Morgan fingerprint density at radius 1 is 1.23 bits per heavy atom. The molecule has 5 heteroatoms. The highest BCUT2D eigenvalue weighted by Crippen LogP contribution is 2.30. The third-order valence-electron chi connectivity index (χ3n) is 4.47. The Hall–Kier alpha value is -2.56. The smallest absolute Gasteiger partial charge is 0.258 e. The van der Waals surface area contributed by atoms with Crippen LogP contribution in [0.1, 0.15) is 35.4 Å². The molecule has 0 spiro atoms. The summed E-state index contributed by atoms with van der Waals surface area (Å²) in [5, 5.41) is 4.28. The molecule has 0 radical (unpaired) electrons. The highest BCUT2D eigenvalue weighted by atomic mass is 16.2. The molecule has 4 rings (SSSR count). The van der Waals surface area contributed by atoms with Gasteiger partial charge < -0.3 is 9.47 Å². The molecule has 1 amide bonds. The lowest BCUT2D eigenvalue weighted by Crippen LogP contribution is -2.41. The fourth-order valence-corrected chi connectivity index (χ4v) is 3.39. The van der Waals surface area contributed by atoms with E-state index < -0.39 is 0 Å². The van der Waals surface area contributed by atoms with Gasteiger partial charge in [-0.05, 0) is 30.7 Å². The molecule has 0 saturated carbocycles. The Morgan fingerprint density at radius 2 is 2.14 bits per heavy atom. The van der Waals surface area contributed by atoms with Crippen LogP contribution >= 0.6 is 0 Å². The monoisotopic (exact) mass is 294 g/mol. The van der Waals surface area contributed by atoms with E-state index in [-0.39, 0.29) is 11.9 Å². The van der Waals surface area contributed by atoms with Crippen LogP contribution in [0.5, 0.6) is 0 Å². The highest BCUT2D eigenvalue weighted by molar-refractivity contribution is 6.00. The summed E-state index contributed by atoms with van der Waals surface area (Å²) in [6.07, 6.45) is 6.55. The van der Waals surface area contributed by atoms with Gasteiger partial charge >= 0.3 is 0 Å². The van der Waals surface area contributed by atoms with Crippen molar-refractivity contribution in [1.82, 2.24) is 19.1 Å². The van der Waals surface area contributed by atoms with E-state index in [0.29, 0.717) is 5.56 Å². The van der Waals surface area contributed by atoms with E-state index in [1.165, 1.54) is 5.69 Å². The van der Waals surface area contributed by atoms with Crippen LogP contribution in [0, 0.1) is 0 Å². The SMILES string of the molecule is CC[C@H]1c2cccn2CCN1C(=O)c1cnn2ccccc12. The molecule has 0 bridgehead atoms. The maximum absolute atomic E-state index is 13.0. The lowest BCUT2D eigenvalue weighted by Gasteiger charge is -2.36. The fourth-order valence-electron chi connectivity index (χ4n) is 3.39.